The van der Waals surface area contributed by atoms with Crippen molar-refractivity contribution in [2.24, 2.45) is 5.92 Å². The Bertz CT molecular complexity index is 2040. The lowest BCUT2D eigenvalue weighted by molar-refractivity contribution is -0.342. The number of hydrogen-bond acceptors (Lipinski definition) is 15. The van der Waals surface area contributed by atoms with Gasteiger partial charge in [0.05, 0.1) is 7.11 Å². The smallest absolute Gasteiger partial charge is 0.336 e. The number of phenolic OH excluding ortho intramolecular Hbond substituents is 1. The first-order valence-electron chi connectivity index (χ1n) is 15.9. The molecule has 7 rings (SSSR count). The van der Waals surface area contributed by atoms with Crippen molar-refractivity contribution in [1.82, 2.24) is 15.6 Å². The van der Waals surface area contributed by atoms with Gasteiger partial charge in [0.25, 0.3) is 0 Å². The molecule has 2 aromatic heterocycles. The van der Waals surface area contributed by atoms with Gasteiger partial charge in [-0.1, -0.05) is 6.08 Å². The average molecular weight is 709 g/mol. The molecule has 17 nitrogen and oxygen atoms in total. The number of methoxy groups -OCH3 is 1. The van der Waals surface area contributed by atoms with Crippen molar-refractivity contribution in [3.63, 3.8) is 0 Å². The van der Waals surface area contributed by atoms with Crippen LogP contribution in [0.15, 0.2) is 69.9 Å². The van der Waals surface area contributed by atoms with Gasteiger partial charge >= 0.3 is 5.97 Å². The van der Waals surface area contributed by atoms with Crippen LogP contribution in [0.25, 0.3) is 22.3 Å². The fraction of sp³-hybridized carbons (Fsp3) is 0.353. The van der Waals surface area contributed by atoms with Crippen molar-refractivity contribution in [2.75, 3.05) is 32.7 Å². The number of carboxylic acid groups (broad SMARTS) is 1. The highest BCUT2D eigenvalue weighted by atomic mass is 16.7. The van der Waals surface area contributed by atoms with Gasteiger partial charge in [-0.25, -0.2) is 4.79 Å². The lowest BCUT2D eigenvalue weighted by atomic mass is 9.63. The van der Waals surface area contributed by atoms with Crippen LogP contribution >= 0.6 is 0 Å². The summed E-state index contributed by atoms with van der Waals surface area (Å²) in [6.07, 6.45) is -4.50. The average Bonchev–Trinajstić information content (AvgIpc) is 3.79. The molecule has 2 aliphatic heterocycles. The standard InChI is InChI=1S/C34H36N4O13/c1-47-28-24(50-32-33(45)9-8-17(19-12-36-14-37-19)34(46,31(33)44)29(51-32)30(42)43)11-23-26(27(28)41)20(39)10-22(49-23)15-2-4-16(5-3-15)48-13-21(40)18-6-7-25(35)38-18/h2-11,17,19,21,29,31-32,36-38,40-41,44-46H,12-14,35H2,1H3,(H,42,43)/t17-,19-,21+,29-,31+,32-,33-,34-/m1/s1. The Labute approximate surface area is 288 Å². The fourth-order valence-electron chi connectivity index (χ4n) is 6.92. The maximum absolute atomic E-state index is 13.3. The van der Waals surface area contributed by atoms with E-state index in [1.807, 2.05) is 0 Å². The molecule has 0 radical (unpaired) electrons. The number of aliphatic hydroxyl groups is 4. The van der Waals surface area contributed by atoms with E-state index < -0.39 is 64.9 Å². The number of aromatic amines is 1. The molecular formula is C34H36N4O13. The monoisotopic (exact) mass is 708 g/mol. The number of fused-ring (bicyclic) bond motifs is 3. The zero-order chi connectivity index (χ0) is 36.2. The first kappa shape index (κ1) is 34.3. The summed E-state index contributed by atoms with van der Waals surface area (Å²) in [7, 11) is 1.18. The number of ether oxygens (including phenoxy) is 4. The van der Waals surface area contributed by atoms with Gasteiger partial charge in [-0.15, -0.1) is 0 Å². The van der Waals surface area contributed by atoms with Crippen molar-refractivity contribution in [1.29, 1.82) is 0 Å². The number of aromatic hydroxyl groups is 1. The molecule has 17 heteroatoms. The molecule has 2 bridgehead atoms. The number of benzene rings is 2. The van der Waals surface area contributed by atoms with E-state index in [2.05, 4.69) is 15.6 Å². The van der Waals surface area contributed by atoms with Gasteiger partial charge in [-0.05, 0) is 42.5 Å². The molecule has 4 heterocycles. The second kappa shape index (κ2) is 12.9. The van der Waals surface area contributed by atoms with Gasteiger partial charge in [-0.3, -0.25) is 10.1 Å². The fourth-order valence-corrected chi connectivity index (χ4v) is 6.92. The van der Waals surface area contributed by atoms with Crippen LogP contribution in [-0.2, 0) is 9.53 Å². The Morgan fingerprint density at radius 1 is 1.16 bits per heavy atom. The Morgan fingerprint density at radius 3 is 2.57 bits per heavy atom. The summed E-state index contributed by atoms with van der Waals surface area (Å²) < 4.78 is 28.6. The molecule has 8 atom stereocenters. The number of H-pyrrole nitrogens is 1. The van der Waals surface area contributed by atoms with E-state index in [1.165, 1.54) is 25.3 Å². The third kappa shape index (κ3) is 5.74. The molecule has 0 amide bonds. The molecule has 51 heavy (non-hydrogen) atoms. The Balaban J connectivity index is 1.19. The molecular weight excluding hydrogens is 672 g/mol. The molecule has 2 saturated heterocycles. The molecule has 0 spiro atoms. The summed E-state index contributed by atoms with van der Waals surface area (Å²) in [5, 5.41) is 72.2. The number of carboxylic acids is 1. The van der Waals surface area contributed by atoms with Crippen LogP contribution in [-0.4, -0.2) is 104 Å². The first-order valence-corrected chi connectivity index (χ1v) is 15.9. The topological polar surface area (TPSA) is 271 Å². The maximum Gasteiger partial charge on any atom is 0.336 e. The van der Waals surface area contributed by atoms with Crippen molar-refractivity contribution >= 4 is 22.8 Å². The zero-order valence-electron chi connectivity index (χ0n) is 27.0. The summed E-state index contributed by atoms with van der Waals surface area (Å²) >= 11 is 0. The minimum Gasteiger partial charge on any atom is -0.504 e. The van der Waals surface area contributed by atoms with Crippen LogP contribution in [0.1, 0.15) is 11.8 Å². The van der Waals surface area contributed by atoms with Gasteiger partial charge in [0.15, 0.2) is 28.6 Å². The van der Waals surface area contributed by atoms with E-state index in [-0.39, 0.29) is 34.8 Å². The quantitative estimate of drug-likeness (QED) is 0.0965. The van der Waals surface area contributed by atoms with E-state index >= 15 is 0 Å². The third-order valence-corrected chi connectivity index (χ3v) is 9.54. The number of aromatic nitrogens is 1. The Kier molecular flexibility index (Phi) is 8.67. The molecule has 3 aliphatic rings. The number of aliphatic carboxylic acids is 1. The number of nitrogen functional groups attached to an aromatic ring is 1. The molecule has 11 N–H and O–H groups in total. The van der Waals surface area contributed by atoms with Crippen molar-refractivity contribution in [3.8, 4) is 34.3 Å². The molecule has 2 aromatic carbocycles. The van der Waals surface area contributed by atoms with Crippen molar-refractivity contribution in [2.45, 2.75) is 41.8 Å². The second-order valence-electron chi connectivity index (χ2n) is 12.6. The highest BCUT2D eigenvalue weighted by Gasteiger charge is 2.70. The number of anilines is 1. The van der Waals surface area contributed by atoms with Gasteiger partial charge < -0.3 is 70.0 Å². The minimum absolute atomic E-state index is 0.0663. The van der Waals surface area contributed by atoms with E-state index in [1.54, 1.807) is 36.4 Å². The molecule has 1 aliphatic carbocycles. The summed E-state index contributed by atoms with van der Waals surface area (Å²) in [5.74, 6) is -3.08. The van der Waals surface area contributed by atoms with Gasteiger partial charge in [0.2, 0.25) is 12.0 Å². The van der Waals surface area contributed by atoms with Crippen LogP contribution in [0.3, 0.4) is 0 Å². The normalized spacial score (nSPS) is 29.2. The lowest BCUT2D eigenvalue weighted by Gasteiger charge is -2.56. The summed E-state index contributed by atoms with van der Waals surface area (Å²) in [4.78, 5) is 28.6. The predicted octanol–water partition coefficient (Wildman–Crippen LogP) is -0.0868. The highest BCUT2D eigenvalue weighted by Crippen LogP contribution is 2.49. The maximum atomic E-state index is 13.3. The SMILES string of the molecule is COc1c(O[C@@H]2O[C@H](C(=O)O)[C@]3(O)[C@@H]([C@H]4CNCN4)C=C[C@@]2(O)[C@@H]3O)cc2oc(-c3ccc(OC[C@H](O)c4ccc(N)[nH]4)cc3)cc(=O)c2c1O. The Hall–Kier alpha value is -5.14. The lowest BCUT2D eigenvalue weighted by Crippen LogP contribution is -2.79. The zero-order valence-corrected chi connectivity index (χ0v) is 27.0. The van der Waals surface area contributed by atoms with Crippen LogP contribution in [0.4, 0.5) is 5.82 Å². The van der Waals surface area contributed by atoms with Gasteiger partial charge in [0.1, 0.15) is 52.7 Å². The number of aliphatic hydroxyl groups excluding tert-OH is 2. The highest BCUT2D eigenvalue weighted by molar-refractivity contribution is 5.89. The predicted molar refractivity (Wildman–Crippen MR) is 177 cm³/mol. The summed E-state index contributed by atoms with van der Waals surface area (Å²) in [5.41, 5.74) is 0.830. The van der Waals surface area contributed by atoms with Crippen LogP contribution in [0, 0.1) is 5.92 Å². The third-order valence-electron chi connectivity index (χ3n) is 9.54. The number of rotatable bonds is 10. The van der Waals surface area contributed by atoms with E-state index in [0.717, 1.165) is 6.07 Å². The number of hydrogen-bond donors (Lipinski definition) is 10. The second-order valence-corrected chi connectivity index (χ2v) is 12.6. The number of nitrogens with one attached hydrogen (secondary N) is 3. The van der Waals surface area contributed by atoms with Crippen LogP contribution < -0.4 is 36.0 Å². The van der Waals surface area contributed by atoms with E-state index in [0.29, 0.717) is 36.0 Å². The van der Waals surface area contributed by atoms with Gasteiger partial charge in [0, 0.05) is 48.6 Å². The van der Waals surface area contributed by atoms with E-state index in [4.69, 9.17) is 29.1 Å². The summed E-state index contributed by atoms with van der Waals surface area (Å²) in [6.45, 7) is 0.667. The van der Waals surface area contributed by atoms with Crippen LogP contribution in [0.2, 0.25) is 0 Å². The number of carbonyl (C=O) groups is 1. The number of nitrogens with two attached hydrogens (primary N) is 1. The molecule has 0 saturated carbocycles. The Morgan fingerprint density at radius 2 is 1.92 bits per heavy atom. The molecule has 270 valence electrons. The summed E-state index contributed by atoms with van der Waals surface area (Å²) in [6, 6.07) is 11.5. The first-order chi connectivity index (χ1) is 24.3. The van der Waals surface area contributed by atoms with E-state index in [9.17, 15) is 40.2 Å². The molecule has 2 fully saturated rings. The molecule has 4 aromatic rings. The largest absolute Gasteiger partial charge is 0.504 e. The minimum atomic E-state index is -2.48. The van der Waals surface area contributed by atoms with Crippen molar-refractivity contribution in [3.05, 3.63) is 76.6 Å². The molecule has 0 unspecified atom stereocenters. The van der Waals surface area contributed by atoms with Crippen LogP contribution in [0.5, 0.6) is 23.0 Å². The van der Waals surface area contributed by atoms with Gasteiger partial charge in [-0.2, -0.15) is 0 Å². The van der Waals surface area contributed by atoms with Crippen molar-refractivity contribution < 1.29 is 58.8 Å². The number of phenols is 1.